The maximum Gasteiger partial charge on any atom is 0.225 e. The molecule has 0 radical (unpaired) electrons. The lowest BCUT2D eigenvalue weighted by Crippen LogP contribution is -2.50. The molecule has 0 unspecified atom stereocenters. The van der Waals surface area contributed by atoms with Crippen molar-refractivity contribution in [2.75, 3.05) is 31.1 Å². The van der Waals surface area contributed by atoms with Crippen molar-refractivity contribution in [3.05, 3.63) is 24.0 Å². The molecule has 0 N–H and O–H groups in total. The van der Waals surface area contributed by atoms with Crippen molar-refractivity contribution in [1.82, 2.24) is 9.88 Å². The fourth-order valence-corrected chi connectivity index (χ4v) is 2.27. The van der Waals surface area contributed by atoms with E-state index in [2.05, 4.69) is 16.0 Å². The molecule has 1 aliphatic heterocycles. The van der Waals surface area contributed by atoms with E-state index in [4.69, 9.17) is 5.26 Å². The molecular weight excluding hydrogens is 240 g/mol. The van der Waals surface area contributed by atoms with Crippen LogP contribution in [0.4, 0.5) is 5.69 Å². The van der Waals surface area contributed by atoms with Crippen LogP contribution in [0.1, 0.15) is 19.5 Å². The van der Waals surface area contributed by atoms with Gasteiger partial charge in [0, 0.05) is 38.3 Å². The third-order valence-electron chi connectivity index (χ3n) is 3.32. The van der Waals surface area contributed by atoms with Crippen molar-refractivity contribution in [3.63, 3.8) is 0 Å². The molecule has 5 heteroatoms. The molecule has 0 aliphatic carbocycles. The average molecular weight is 258 g/mol. The Morgan fingerprint density at radius 2 is 2.05 bits per heavy atom. The first-order valence-corrected chi connectivity index (χ1v) is 6.52. The summed E-state index contributed by atoms with van der Waals surface area (Å²) in [5.74, 6) is 0.242. The van der Waals surface area contributed by atoms with Crippen LogP contribution < -0.4 is 4.90 Å². The van der Waals surface area contributed by atoms with Crippen LogP contribution >= 0.6 is 0 Å². The van der Waals surface area contributed by atoms with E-state index in [1.807, 2.05) is 30.9 Å². The van der Waals surface area contributed by atoms with Gasteiger partial charge in [-0.05, 0) is 12.1 Å². The predicted octanol–water partition coefficient (Wildman–Crippen LogP) is 1.26. The summed E-state index contributed by atoms with van der Waals surface area (Å²) in [4.78, 5) is 20.0. The molecule has 1 aliphatic rings. The van der Waals surface area contributed by atoms with E-state index in [1.54, 1.807) is 6.20 Å². The summed E-state index contributed by atoms with van der Waals surface area (Å²) in [5.41, 5.74) is 1.31. The second-order valence-electron chi connectivity index (χ2n) is 4.95. The number of hydrogen-bond donors (Lipinski definition) is 0. The fraction of sp³-hybridized carbons (Fsp3) is 0.500. The third-order valence-corrected chi connectivity index (χ3v) is 3.32. The molecule has 19 heavy (non-hydrogen) atoms. The molecule has 5 nitrogen and oxygen atoms in total. The van der Waals surface area contributed by atoms with Crippen molar-refractivity contribution in [2.45, 2.75) is 13.8 Å². The van der Waals surface area contributed by atoms with Crippen LogP contribution in [-0.2, 0) is 4.79 Å². The highest BCUT2D eigenvalue weighted by Gasteiger charge is 2.24. The Morgan fingerprint density at radius 1 is 1.37 bits per heavy atom. The van der Waals surface area contributed by atoms with Gasteiger partial charge >= 0.3 is 0 Å². The van der Waals surface area contributed by atoms with Gasteiger partial charge in [0.2, 0.25) is 5.91 Å². The van der Waals surface area contributed by atoms with Crippen molar-refractivity contribution in [2.24, 2.45) is 5.92 Å². The zero-order valence-electron chi connectivity index (χ0n) is 11.3. The lowest BCUT2D eigenvalue weighted by atomic mass is 10.1. The van der Waals surface area contributed by atoms with Gasteiger partial charge in [-0.3, -0.25) is 4.79 Å². The highest BCUT2D eigenvalue weighted by atomic mass is 16.2. The van der Waals surface area contributed by atoms with E-state index < -0.39 is 0 Å². The number of nitrogens with zero attached hydrogens (tertiary/aromatic N) is 4. The number of aromatic nitrogens is 1. The van der Waals surface area contributed by atoms with E-state index in [1.165, 1.54) is 0 Å². The van der Waals surface area contributed by atoms with E-state index in [0.717, 1.165) is 18.8 Å². The van der Waals surface area contributed by atoms with Gasteiger partial charge in [0.1, 0.15) is 6.07 Å². The lowest BCUT2D eigenvalue weighted by molar-refractivity contribution is -0.134. The molecule has 2 rings (SSSR count). The molecule has 0 saturated carbocycles. The summed E-state index contributed by atoms with van der Waals surface area (Å²) in [6.07, 6.45) is 1.63. The molecule has 1 aromatic rings. The zero-order chi connectivity index (χ0) is 13.8. The van der Waals surface area contributed by atoms with Gasteiger partial charge < -0.3 is 9.80 Å². The van der Waals surface area contributed by atoms with Crippen LogP contribution in [0.25, 0.3) is 0 Å². The van der Waals surface area contributed by atoms with Crippen molar-refractivity contribution in [3.8, 4) is 6.07 Å². The number of hydrogen-bond acceptors (Lipinski definition) is 4. The summed E-state index contributed by atoms with van der Waals surface area (Å²) in [6.45, 7) is 6.75. The van der Waals surface area contributed by atoms with Gasteiger partial charge in [0.05, 0.1) is 5.69 Å². The minimum absolute atomic E-state index is 0.0413. The number of carbonyl (C=O) groups excluding carboxylic acids is 1. The minimum Gasteiger partial charge on any atom is -0.366 e. The van der Waals surface area contributed by atoms with Crippen LogP contribution in [0.2, 0.25) is 0 Å². The molecule has 0 aromatic carbocycles. The second kappa shape index (κ2) is 5.70. The summed E-state index contributed by atoms with van der Waals surface area (Å²) < 4.78 is 0. The molecular formula is C14H18N4O. The topological polar surface area (TPSA) is 60.2 Å². The molecule has 1 fully saturated rings. The first kappa shape index (κ1) is 13.3. The van der Waals surface area contributed by atoms with Crippen LogP contribution in [-0.4, -0.2) is 42.0 Å². The van der Waals surface area contributed by atoms with Crippen LogP contribution in [0.15, 0.2) is 18.3 Å². The molecule has 100 valence electrons. The number of anilines is 1. The van der Waals surface area contributed by atoms with Crippen molar-refractivity contribution in [1.29, 1.82) is 5.26 Å². The van der Waals surface area contributed by atoms with Gasteiger partial charge in [-0.25, -0.2) is 4.98 Å². The SMILES string of the molecule is CC(C)C(=O)N1CCN(c2cccnc2C#N)CC1. The van der Waals surface area contributed by atoms with Gasteiger partial charge in [0.15, 0.2) is 5.69 Å². The van der Waals surface area contributed by atoms with E-state index in [0.29, 0.717) is 18.8 Å². The fourth-order valence-electron chi connectivity index (χ4n) is 2.27. The van der Waals surface area contributed by atoms with Crippen LogP contribution in [0.5, 0.6) is 0 Å². The highest BCUT2D eigenvalue weighted by molar-refractivity contribution is 5.78. The zero-order valence-corrected chi connectivity index (χ0v) is 11.3. The number of piperazine rings is 1. The van der Waals surface area contributed by atoms with Crippen LogP contribution in [0, 0.1) is 17.2 Å². The summed E-state index contributed by atoms with van der Waals surface area (Å²) in [7, 11) is 0. The smallest absolute Gasteiger partial charge is 0.225 e. The summed E-state index contributed by atoms with van der Waals surface area (Å²) in [6, 6.07) is 5.86. The monoisotopic (exact) mass is 258 g/mol. The Labute approximate surface area is 113 Å². The Balaban J connectivity index is 2.04. The van der Waals surface area contributed by atoms with E-state index in [9.17, 15) is 4.79 Å². The number of amides is 1. The Bertz CT molecular complexity index is 498. The first-order valence-electron chi connectivity index (χ1n) is 6.52. The van der Waals surface area contributed by atoms with E-state index in [-0.39, 0.29) is 11.8 Å². The van der Waals surface area contributed by atoms with Gasteiger partial charge in [-0.1, -0.05) is 13.8 Å². The largest absolute Gasteiger partial charge is 0.366 e. The molecule has 1 saturated heterocycles. The first-order chi connectivity index (χ1) is 9.13. The third kappa shape index (κ3) is 2.84. The number of nitriles is 1. The average Bonchev–Trinajstić information content (AvgIpc) is 2.46. The number of pyridine rings is 1. The Morgan fingerprint density at radius 3 is 2.63 bits per heavy atom. The Hall–Kier alpha value is -2.09. The molecule has 0 bridgehead atoms. The minimum atomic E-state index is 0.0413. The normalized spacial score (nSPS) is 15.5. The van der Waals surface area contributed by atoms with Crippen LogP contribution in [0.3, 0.4) is 0 Å². The van der Waals surface area contributed by atoms with Gasteiger partial charge in [-0.2, -0.15) is 5.26 Å². The summed E-state index contributed by atoms with van der Waals surface area (Å²) >= 11 is 0. The maximum atomic E-state index is 11.9. The maximum absolute atomic E-state index is 11.9. The van der Waals surface area contributed by atoms with Gasteiger partial charge in [-0.15, -0.1) is 0 Å². The number of rotatable bonds is 2. The lowest BCUT2D eigenvalue weighted by Gasteiger charge is -2.36. The van der Waals surface area contributed by atoms with Crippen molar-refractivity contribution >= 4 is 11.6 Å². The highest BCUT2D eigenvalue weighted by Crippen LogP contribution is 2.19. The van der Waals surface area contributed by atoms with E-state index >= 15 is 0 Å². The molecule has 1 amide bonds. The Kier molecular flexibility index (Phi) is 4.00. The quantitative estimate of drug-likeness (QED) is 0.801. The standard InChI is InChI=1S/C14H18N4O/c1-11(2)14(19)18-8-6-17(7-9-18)13-4-3-5-16-12(13)10-15/h3-5,11H,6-9H2,1-2H3. The molecule has 2 heterocycles. The number of carbonyl (C=O) groups is 1. The summed E-state index contributed by atoms with van der Waals surface area (Å²) in [5, 5.41) is 9.06. The molecule has 0 atom stereocenters. The van der Waals surface area contributed by atoms with Gasteiger partial charge in [0.25, 0.3) is 0 Å². The second-order valence-corrected chi connectivity index (χ2v) is 4.95. The molecule has 1 aromatic heterocycles. The predicted molar refractivity (Wildman–Crippen MR) is 72.6 cm³/mol. The van der Waals surface area contributed by atoms with Crippen molar-refractivity contribution < 1.29 is 4.79 Å². The molecule has 0 spiro atoms.